The predicted octanol–water partition coefficient (Wildman–Crippen LogP) is 2.52. The molecule has 1 aromatic rings. The van der Waals surface area contributed by atoms with Crippen LogP contribution in [0, 0.1) is 20.8 Å². The Morgan fingerprint density at radius 3 is 2.37 bits per heavy atom. The second-order valence-electron chi connectivity index (χ2n) is 4.59. The number of aliphatic carboxylic acids is 1. The molecule has 0 heterocycles. The van der Waals surface area contributed by atoms with Crippen molar-refractivity contribution in [2.45, 2.75) is 27.2 Å². The van der Waals surface area contributed by atoms with Gasteiger partial charge >= 0.3 is 12.1 Å². The molecule has 0 unspecified atom stereocenters. The second-order valence-corrected chi connectivity index (χ2v) is 4.59. The van der Waals surface area contributed by atoms with Crippen molar-refractivity contribution in [2.75, 3.05) is 13.6 Å². The summed E-state index contributed by atoms with van der Waals surface area (Å²) < 4.78 is 5.34. The van der Waals surface area contributed by atoms with Gasteiger partial charge in [0.2, 0.25) is 0 Å². The summed E-state index contributed by atoms with van der Waals surface area (Å²) in [6.45, 7) is 5.83. The standard InChI is InChI=1S/C14H19NO4/c1-9-5-6-10(2)13(11(9)3)19-14(18)15(4)8-7-12(16)17/h5-6H,7-8H2,1-4H3,(H,16,17). The fraction of sp³-hybridized carbons (Fsp3) is 0.429. The first-order valence-electron chi connectivity index (χ1n) is 6.04. The van der Waals surface area contributed by atoms with Crippen LogP contribution in [0.25, 0.3) is 0 Å². The first-order valence-corrected chi connectivity index (χ1v) is 6.04. The van der Waals surface area contributed by atoms with Gasteiger partial charge in [0.05, 0.1) is 6.42 Å². The normalized spacial score (nSPS) is 10.1. The fourth-order valence-electron chi connectivity index (χ4n) is 1.60. The molecular weight excluding hydrogens is 246 g/mol. The third kappa shape index (κ3) is 3.98. The SMILES string of the molecule is Cc1ccc(C)c(OC(=O)N(C)CCC(=O)O)c1C. The average Bonchev–Trinajstić information content (AvgIpc) is 2.36. The number of carbonyl (C=O) groups excluding carboxylic acids is 1. The second kappa shape index (κ2) is 6.22. The summed E-state index contributed by atoms with van der Waals surface area (Å²) in [6, 6.07) is 3.86. The number of aryl methyl sites for hydroxylation is 2. The molecule has 0 atom stereocenters. The Morgan fingerprint density at radius 1 is 1.21 bits per heavy atom. The van der Waals surface area contributed by atoms with Crippen LogP contribution in [0.4, 0.5) is 4.79 Å². The Morgan fingerprint density at radius 2 is 1.79 bits per heavy atom. The van der Waals surface area contributed by atoms with E-state index in [-0.39, 0.29) is 13.0 Å². The first-order chi connectivity index (χ1) is 8.82. The van der Waals surface area contributed by atoms with Gasteiger partial charge in [0.1, 0.15) is 5.75 Å². The molecule has 0 aliphatic carbocycles. The van der Waals surface area contributed by atoms with Crippen LogP contribution < -0.4 is 4.74 Å². The Hall–Kier alpha value is -2.04. The molecule has 1 amide bonds. The van der Waals surface area contributed by atoms with Crippen LogP contribution in [-0.4, -0.2) is 35.7 Å². The van der Waals surface area contributed by atoms with Crippen LogP contribution in [0.1, 0.15) is 23.1 Å². The van der Waals surface area contributed by atoms with E-state index in [0.717, 1.165) is 16.7 Å². The number of nitrogens with zero attached hydrogens (tertiary/aromatic N) is 1. The Labute approximate surface area is 112 Å². The lowest BCUT2D eigenvalue weighted by Gasteiger charge is -2.18. The van der Waals surface area contributed by atoms with Crippen LogP contribution >= 0.6 is 0 Å². The monoisotopic (exact) mass is 265 g/mol. The van der Waals surface area contributed by atoms with Crippen molar-refractivity contribution in [2.24, 2.45) is 0 Å². The van der Waals surface area contributed by atoms with E-state index < -0.39 is 12.1 Å². The van der Waals surface area contributed by atoms with Crippen molar-refractivity contribution in [1.29, 1.82) is 0 Å². The summed E-state index contributed by atoms with van der Waals surface area (Å²) in [4.78, 5) is 23.6. The molecule has 0 spiro atoms. The van der Waals surface area contributed by atoms with E-state index in [1.807, 2.05) is 32.9 Å². The summed E-state index contributed by atoms with van der Waals surface area (Å²) in [6.07, 6.45) is -0.643. The van der Waals surface area contributed by atoms with Gasteiger partial charge in [0.15, 0.2) is 0 Å². The Bertz CT molecular complexity index is 496. The summed E-state index contributed by atoms with van der Waals surface area (Å²) in [5, 5.41) is 8.58. The molecule has 0 aromatic heterocycles. The van der Waals surface area contributed by atoms with E-state index in [0.29, 0.717) is 5.75 Å². The highest BCUT2D eigenvalue weighted by atomic mass is 16.6. The highest BCUT2D eigenvalue weighted by Crippen LogP contribution is 2.26. The number of rotatable bonds is 4. The van der Waals surface area contributed by atoms with Crippen LogP contribution in [-0.2, 0) is 4.79 Å². The molecule has 5 nitrogen and oxygen atoms in total. The molecule has 0 saturated carbocycles. The maximum Gasteiger partial charge on any atom is 0.414 e. The number of benzene rings is 1. The quantitative estimate of drug-likeness (QED) is 0.908. The van der Waals surface area contributed by atoms with Gasteiger partial charge in [0, 0.05) is 13.6 Å². The maximum absolute atomic E-state index is 11.9. The molecule has 1 N–H and O–H groups in total. The van der Waals surface area contributed by atoms with Crippen molar-refractivity contribution in [1.82, 2.24) is 4.90 Å². The predicted molar refractivity (Wildman–Crippen MR) is 71.6 cm³/mol. The topological polar surface area (TPSA) is 66.8 Å². The van der Waals surface area contributed by atoms with Gasteiger partial charge in [-0.05, 0) is 37.5 Å². The van der Waals surface area contributed by atoms with E-state index in [4.69, 9.17) is 9.84 Å². The summed E-state index contributed by atoms with van der Waals surface area (Å²) in [7, 11) is 1.52. The van der Waals surface area contributed by atoms with Crippen LogP contribution in [0.3, 0.4) is 0 Å². The molecule has 0 bridgehead atoms. The maximum atomic E-state index is 11.9. The average molecular weight is 265 g/mol. The fourth-order valence-corrected chi connectivity index (χ4v) is 1.60. The number of hydrogen-bond acceptors (Lipinski definition) is 3. The number of hydrogen-bond donors (Lipinski definition) is 1. The number of carboxylic acids is 1. The lowest BCUT2D eigenvalue weighted by molar-refractivity contribution is -0.137. The Balaban J connectivity index is 2.77. The molecule has 1 rings (SSSR count). The van der Waals surface area contributed by atoms with E-state index in [2.05, 4.69) is 0 Å². The molecule has 0 saturated heterocycles. The van der Waals surface area contributed by atoms with Gasteiger partial charge in [-0.25, -0.2) is 4.79 Å². The lowest BCUT2D eigenvalue weighted by Crippen LogP contribution is -2.32. The first kappa shape index (κ1) is 15.0. The van der Waals surface area contributed by atoms with Crippen molar-refractivity contribution in [3.63, 3.8) is 0 Å². The van der Waals surface area contributed by atoms with Gasteiger partial charge in [-0.15, -0.1) is 0 Å². The molecular formula is C14H19NO4. The zero-order chi connectivity index (χ0) is 14.6. The summed E-state index contributed by atoms with van der Waals surface area (Å²) in [5.41, 5.74) is 2.84. The molecule has 0 aliphatic rings. The van der Waals surface area contributed by atoms with E-state index in [9.17, 15) is 9.59 Å². The van der Waals surface area contributed by atoms with Crippen LogP contribution in [0.5, 0.6) is 5.75 Å². The molecule has 1 aromatic carbocycles. The molecule has 104 valence electrons. The Kier molecular flexibility index (Phi) is 4.92. The van der Waals surface area contributed by atoms with Gasteiger partial charge in [-0.1, -0.05) is 12.1 Å². The largest absolute Gasteiger partial charge is 0.481 e. The number of amides is 1. The van der Waals surface area contributed by atoms with Gasteiger partial charge in [-0.3, -0.25) is 4.79 Å². The minimum Gasteiger partial charge on any atom is -0.481 e. The van der Waals surface area contributed by atoms with Crippen LogP contribution in [0.15, 0.2) is 12.1 Å². The molecule has 0 aliphatic heterocycles. The third-order valence-corrected chi connectivity index (χ3v) is 3.04. The smallest absolute Gasteiger partial charge is 0.414 e. The molecule has 19 heavy (non-hydrogen) atoms. The molecule has 0 fully saturated rings. The molecule has 0 radical (unpaired) electrons. The number of carboxylic acid groups (broad SMARTS) is 1. The van der Waals surface area contributed by atoms with E-state index in [1.54, 1.807) is 0 Å². The van der Waals surface area contributed by atoms with Crippen LogP contribution in [0.2, 0.25) is 0 Å². The minimum absolute atomic E-state index is 0.0998. The van der Waals surface area contributed by atoms with E-state index >= 15 is 0 Å². The zero-order valence-electron chi connectivity index (χ0n) is 11.7. The summed E-state index contributed by atoms with van der Waals surface area (Å²) in [5.74, 6) is -0.394. The van der Waals surface area contributed by atoms with Gasteiger partial charge in [0.25, 0.3) is 0 Å². The minimum atomic E-state index is -0.942. The zero-order valence-corrected chi connectivity index (χ0v) is 11.7. The highest BCUT2D eigenvalue weighted by Gasteiger charge is 2.15. The van der Waals surface area contributed by atoms with Gasteiger partial charge in [-0.2, -0.15) is 0 Å². The van der Waals surface area contributed by atoms with Crippen molar-refractivity contribution >= 4 is 12.1 Å². The lowest BCUT2D eigenvalue weighted by atomic mass is 10.1. The number of ether oxygens (including phenoxy) is 1. The molecule has 5 heteroatoms. The number of carbonyl (C=O) groups is 2. The van der Waals surface area contributed by atoms with Crippen molar-refractivity contribution in [3.8, 4) is 5.75 Å². The van der Waals surface area contributed by atoms with Crippen molar-refractivity contribution < 1.29 is 19.4 Å². The third-order valence-electron chi connectivity index (χ3n) is 3.04. The highest BCUT2D eigenvalue weighted by molar-refractivity contribution is 5.73. The van der Waals surface area contributed by atoms with Gasteiger partial charge < -0.3 is 14.7 Å². The summed E-state index contributed by atoms with van der Waals surface area (Å²) >= 11 is 0. The van der Waals surface area contributed by atoms with Crippen molar-refractivity contribution in [3.05, 3.63) is 28.8 Å². The van der Waals surface area contributed by atoms with E-state index in [1.165, 1.54) is 11.9 Å².